The van der Waals surface area contributed by atoms with Gasteiger partial charge in [-0.05, 0) is 88.1 Å². The van der Waals surface area contributed by atoms with Crippen LogP contribution in [0, 0.1) is 39.1 Å². The zero-order valence-electron chi connectivity index (χ0n) is 18.4. The number of halogens is 2. The van der Waals surface area contributed by atoms with Crippen LogP contribution in [0.25, 0.3) is 0 Å². The van der Waals surface area contributed by atoms with E-state index in [1.165, 1.54) is 0 Å². The van der Waals surface area contributed by atoms with E-state index in [1.807, 2.05) is 30.3 Å². The number of hydrogen-bond acceptors (Lipinski definition) is 5. The minimum absolute atomic E-state index is 0.166. The zero-order valence-corrected chi connectivity index (χ0v) is 21.3. The van der Waals surface area contributed by atoms with Gasteiger partial charge in [0.15, 0.2) is 11.5 Å². The molecular formula is C26H22ClIN2O4. The summed E-state index contributed by atoms with van der Waals surface area (Å²) in [4.78, 5) is 26.2. The highest BCUT2D eigenvalue weighted by atomic mass is 127. The molecule has 174 valence electrons. The molecule has 1 saturated heterocycles. The third-order valence-corrected chi connectivity index (χ3v) is 8.56. The Morgan fingerprint density at radius 3 is 2.35 bits per heavy atom. The van der Waals surface area contributed by atoms with E-state index in [1.54, 1.807) is 19.4 Å². The Bertz CT molecular complexity index is 1210. The first-order valence-corrected chi connectivity index (χ1v) is 12.8. The van der Waals surface area contributed by atoms with Gasteiger partial charge in [-0.15, -0.1) is 0 Å². The average Bonchev–Trinajstić information content (AvgIpc) is 3.62. The van der Waals surface area contributed by atoms with Crippen molar-refractivity contribution in [1.29, 1.82) is 0 Å². The van der Waals surface area contributed by atoms with Gasteiger partial charge < -0.3 is 9.47 Å². The van der Waals surface area contributed by atoms with Crippen molar-refractivity contribution in [3.63, 3.8) is 0 Å². The molecule has 2 saturated carbocycles. The number of benzene rings is 2. The van der Waals surface area contributed by atoms with Crippen LogP contribution < -0.4 is 9.47 Å². The van der Waals surface area contributed by atoms with Crippen LogP contribution in [0.3, 0.4) is 0 Å². The van der Waals surface area contributed by atoms with Gasteiger partial charge >= 0.3 is 0 Å². The highest BCUT2D eigenvalue weighted by molar-refractivity contribution is 14.1. The first-order valence-electron chi connectivity index (χ1n) is 11.3. The summed E-state index contributed by atoms with van der Waals surface area (Å²) in [5.41, 5.74) is 1.71. The smallest absolute Gasteiger partial charge is 0.254 e. The largest absolute Gasteiger partial charge is 0.493 e. The van der Waals surface area contributed by atoms with Gasteiger partial charge in [-0.1, -0.05) is 35.9 Å². The van der Waals surface area contributed by atoms with E-state index in [2.05, 4.69) is 39.8 Å². The van der Waals surface area contributed by atoms with Gasteiger partial charge in [0.1, 0.15) is 6.61 Å². The summed E-state index contributed by atoms with van der Waals surface area (Å²) in [5, 5.41) is 6.10. The number of allylic oxidation sites excluding steroid dienone is 2. The van der Waals surface area contributed by atoms with Crippen molar-refractivity contribution in [2.45, 2.75) is 13.0 Å². The minimum atomic E-state index is -0.248. The third kappa shape index (κ3) is 3.55. The Hall–Kier alpha value is -2.39. The molecule has 34 heavy (non-hydrogen) atoms. The predicted octanol–water partition coefficient (Wildman–Crippen LogP) is 4.92. The summed E-state index contributed by atoms with van der Waals surface area (Å²) < 4.78 is 12.4. The van der Waals surface area contributed by atoms with Crippen LogP contribution in [-0.2, 0) is 16.2 Å². The van der Waals surface area contributed by atoms with E-state index in [4.69, 9.17) is 21.1 Å². The normalized spacial score (nSPS) is 30.6. The predicted molar refractivity (Wildman–Crippen MR) is 136 cm³/mol. The van der Waals surface area contributed by atoms with Gasteiger partial charge in [0.05, 0.1) is 28.7 Å². The molecule has 7 rings (SSSR count). The summed E-state index contributed by atoms with van der Waals surface area (Å²) in [6.45, 7) is 0.370. The monoisotopic (exact) mass is 588 g/mol. The Balaban J connectivity index is 1.20. The van der Waals surface area contributed by atoms with Gasteiger partial charge in [0.25, 0.3) is 11.8 Å². The molecule has 1 heterocycles. The topological polar surface area (TPSA) is 68.2 Å². The molecule has 0 radical (unpaired) electrons. The van der Waals surface area contributed by atoms with E-state index >= 15 is 0 Å². The van der Waals surface area contributed by atoms with Crippen LogP contribution in [0.2, 0.25) is 5.02 Å². The molecule has 0 spiro atoms. The SMILES string of the molecule is COc1cc(/C=N\N2C(=O)[C@@H]3[C@H]4C=C[C@@H]([C@@H]5C[C@@H]45)[C@@H]3C2=O)cc(I)c1OCc1ccc(Cl)cc1. The summed E-state index contributed by atoms with van der Waals surface area (Å²) in [6, 6.07) is 11.2. The van der Waals surface area contributed by atoms with E-state index in [0.717, 1.165) is 26.1 Å². The lowest BCUT2D eigenvalue weighted by Gasteiger charge is -2.37. The molecule has 5 aliphatic rings. The molecule has 4 aliphatic carbocycles. The van der Waals surface area contributed by atoms with Crippen molar-refractivity contribution in [3.8, 4) is 11.5 Å². The average molecular weight is 589 g/mol. The lowest BCUT2D eigenvalue weighted by Crippen LogP contribution is -2.40. The maximum atomic E-state index is 13.1. The second kappa shape index (κ2) is 8.37. The van der Waals surface area contributed by atoms with Crippen LogP contribution in [0.1, 0.15) is 17.5 Å². The second-order valence-corrected chi connectivity index (χ2v) is 10.9. The molecule has 1 aliphatic heterocycles. The molecule has 0 aromatic heterocycles. The molecule has 2 amide bonds. The van der Waals surface area contributed by atoms with Crippen LogP contribution in [-0.4, -0.2) is 30.1 Å². The number of rotatable bonds is 6. The summed E-state index contributed by atoms with van der Waals surface area (Å²) >= 11 is 8.14. The van der Waals surface area contributed by atoms with Crippen LogP contribution >= 0.6 is 34.2 Å². The number of carbonyl (C=O) groups is 2. The quantitative estimate of drug-likeness (QED) is 0.208. The summed E-state index contributed by atoms with van der Waals surface area (Å²) in [6.07, 6.45) is 7.02. The Kier molecular flexibility index (Phi) is 5.44. The van der Waals surface area contributed by atoms with Gasteiger partial charge in [0, 0.05) is 5.02 Å². The fourth-order valence-electron chi connectivity index (χ4n) is 5.87. The Morgan fingerprint density at radius 1 is 1.09 bits per heavy atom. The van der Waals surface area contributed by atoms with Crippen LogP contribution in [0.4, 0.5) is 0 Å². The number of hydrazone groups is 1. The third-order valence-electron chi connectivity index (χ3n) is 7.51. The number of imide groups is 1. The van der Waals surface area contributed by atoms with Crippen molar-refractivity contribution < 1.29 is 19.1 Å². The summed E-state index contributed by atoms with van der Waals surface area (Å²) in [7, 11) is 1.58. The Labute approximate surface area is 216 Å². The number of hydrogen-bond donors (Lipinski definition) is 0. The molecular weight excluding hydrogens is 567 g/mol. The Morgan fingerprint density at radius 2 is 1.74 bits per heavy atom. The van der Waals surface area contributed by atoms with Gasteiger partial charge in [-0.2, -0.15) is 10.1 Å². The zero-order chi connectivity index (χ0) is 23.6. The van der Waals surface area contributed by atoms with Gasteiger partial charge in [-0.3, -0.25) is 9.59 Å². The molecule has 8 heteroatoms. The van der Waals surface area contributed by atoms with Crippen molar-refractivity contribution in [2.24, 2.45) is 40.6 Å². The van der Waals surface area contributed by atoms with Gasteiger partial charge in [-0.25, -0.2) is 0 Å². The lowest BCUT2D eigenvalue weighted by molar-refractivity contribution is -0.140. The van der Waals surface area contributed by atoms with E-state index in [9.17, 15) is 9.59 Å². The first kappa shape index (κ1) is 22.1. The minimum Gasteiger partial charge on any atom is -0.493 e. The van der Waals surface area contributed by atoms with Gasteiger partial charge in [0.2, 0.25) is 0 Å². The van der Waals surface area contributed by atoms with Crippen molar-refractivity contribution in [1.82, 2.24) is 5.01 Å². The maximum Gasteiger partial charge on any atom is 0.254 e. The fraction of sp³-hybridized carbons (Fsp3) is 0.346. The molecule has 3 fully saturated rings. The number of ether oxygens (including phenoxy) is 2. The van der Waals surface area contributed by atoms with Crippen molar-refractivity contribution in [3.05, 3.63) is 68.3 Å². The van der Waals surface area contributed by atoms with Crippen LogP contribution in [0.15, 0.2) is 53.7 Å². The molecule has 6 nitrogen and oxygen atoms in total. The highest BCUT2D eigenvalue weighted by Gasteiger charge is 2.67. The van der Waals surface area contributed by atoms with E-state index < -0.39 is 0 Å². The maximum absolute atomic E-state index is 13.1. The molecule has 6 atom stereocenters. The summed E-state index contributed by atoms with van der Waals surface area (Å²) in [5.74, 6) is 1.87. The fourth-order valence-corrected chi connectivity index (χ4v) is 6.78. The molecule has 0 unspecified atom stereocenters. The standard InChI is InChI=1S/C26H22ClIN2O4/c1-33-21-9-14(8-20(28)24(21)34-12-13-2-4-15(27)5-3-13)11-29-30-25(31)22-16-6-7-17(19-10-18(16)19)23(22)26(30)32/h2-9,11,16-19,22-23H,10,12H2,1H3/b29-11-/t16-,17-,18-,19-,22-,23+/m0/s1. The number of nitrogens with zero attached hydrogens (tertiary/aromatic N) is 2. The molecule has 2 bridgehead atoms. The van der Waals surface area contributed by atoms with E-state index in [0.29, 0.717) is 35.0 Å². The second-order valence-electron chi connectivity index (χ2n) is 9.34. The molecule has 2 aromatic carbocycles. The molecule has 0 N–H and O–H groups in total. The number of methoxy groups -OCH3 is 1. The van der Waals surface area contributed by atoms with E-state index in [-0.39, 0.29) is 35.5 Å². The highest BCUT2D eigenvalue weighted by Crippen LogP contribution is 2.65. The van der Waals surface area contributed by atoms with Crippen molar-refractivity contribution >= 4 is 52.2 Å². The van der Waals surface area contributed by atoms with Crippen molar-refractivity contribution in [2.75, 3.05) is 7.11 Å². The number of carbonyl (C=O) groups excluding carboxylic acids is 2. The first-order chi connectivity index (χ1) is 16.5. The molecule has 2 aromatic rings. The van der Waals surface area contributed by atoms with Crippen LogP contribution in [0.5, 0.6) is 11.5 Å². The number of amides is 2. The lowest BCUT2D eigenvalue weighted by atomic mass is 9.63.